The smallest absolute Gasteiger partial charge is 0.325 e. The molecular weight excluding hydrogens is 248 g/mol. The highest BCUT2D eigenvalue weighted by molar-refractivity contribution is 5.81. The molecule has 0 aromatic carbocycles. The van der Waals surface area contributed by atoms with Gasteiger partial charge in [0.2, 0.25) is 5.91 Å². The summed E-state index contributed by atoms with van der Waals surface area (Å²) in [7, 11) is 2.04. The summed E-state index contributed by atoms with van der Waals surface area (Å²) >= 11 is 0. The molecule has 0 radical (unpaired) electrons. The van der Waals surface area contributed by atoms with Crippen LogP contribution in [0.1, 0.15) is 6.42 Å². The number of aliphatic carboxylic acids is 1. The largest absolute Gasteiger partial charge is 0.480 e. The van der Waals surface area contributed by atoms with Crippen LogP contribution in [0.15, 0.2) is 0 Å². The molecule has 1 amide bonds. The van der Waals surface area contributed by atoms with Gasteiger partial charge in [-0.3, -0.25) is 14.5 Å². The molecule has 2 rings (SSSR count). The van der Waals surface area contributed by atoms with Crippen molar-refractivity contribution >= 4 is 11.9 Å². The van der Waals surface area contributed by atoms with Crippen LogP contribution < -0.4 is 5.73 Å². The normalized spacial score (nSPS) is 29.7. The van der Waals surface area contributed by atoms with Crippen molar-refractivity contribution in [1.82, 2.24) is 14.7 Å². The van der Waals surface area contributed by atoms with Crippen LogP contribution in [0.4, 0.5) is 0 Å². The minimum Gasteiger partial charge on any atom is -0.480 e. The van der Waals surface area contributed by atoms with Crippen LogP contribution in [0.5, 0.6) is 0 Å². The van der Waals surface area contributed by atoms with Gasteiger partial charge in [-0.25, -0.2) is 0 Å². The maximum Gasteiger partial charge on any atom is 0.325 e. The number of nitrogens with zero attached hydrogens (tertiary/aromatic N) is 3. The summed E-state index contributed by atoms with van der Waals surface area (Å²) in [5.74, 6) is -0.912. The second-order valence-corrected chi connectivity index (χ2v) is 5.61. The lowest BCUT2D eigenvalue weighted by Gasteiger charge is -2.33. The summed E-state index contributed by atoms with van der Waals surface area (Å²) in [5.41, 5.74) is 4.60. The summed E-state index contributed by atoms with van der Waals surface area (Å²) < 4.78 is 0. The van der Waals surface area contributed by atoms with Crippen molar-refractivity contribution in [2.75, 3.05) is 52.9 Å². The van der Waals surface area contributed by atoms with Gasteiger partial charge in [-0.2, -0.15) is 0 Å². The number of carbonyl (C=O) groups excluding carboxylic acids is 1. The van der Waals surface area contributed by atoms with Crippen LogP contribution in [-0.4, -0.2) is 90.1 Å². The molecule has 108 valence electrons. The average molecular weight is 270 g/mol. The fourth-order valence-corrected chi connectivity index (χ4v) is 2.57. The second-order valence-electron chi connectivity index (χ2n) is 5.61. The molecule has 1 atom stereocenters. The maximum absolute atomic E-state index is 12.1. The van der Waals surface area contributed by atoms with E-state index in [1.54, 1.807) is 0 Å². The number of carboxylic acid groups (broad SMARTS) is 1. The predicted octanol–water partition coefficient (Wildman–Crippen LogP) is -1.75. The van der Waals surface area contributed by atoms with Gasteiger partial charge in [0, 0.05) is 39.3 Å². The molecule has 2 aliphatic rings. The zero-order chi connectivity index (χ0) is 14.0. The second kappa shape index (κ2) is 5.44. The molecule has 0 aliphatic carbocycles. The Labute approximate surface area is 112 Å². The van der Waals surface area contributed by atoms with Crippen LogP contribution in [-0.2, 0) is 9.59 Å². The molecule has 19 heavy (non-hydrogen) atoms. The maximum atomic E-state index is 12.1. The average Bonchev–Trinajstić information content (AvgIpc) is 2.73. The van der Waals surface area contributed by atoms with E-state index in [0.717, 1.165) is 26.2 Å². The van der Waals surface area contributed by atoms with Gasteiger partial charge in [-0.05, 0) is 13.5 Å². The number of likely N-dealkylation sites (N-methyl/N-ethyl adjacent to an activating group) is 1. The van der Waals surface area contributed by atoms with E-state index in [-0.39, 0.29) is 19.0 Å². The van der Waals surface area contributed by atoms with E-state index >= 15 is 0 Å². The highest BCUT2D eigenvalue weighted by Gasteiger charge is 2.41. The first-order valence-corrected chi connectivity index (χ1v) is 6.62. The third-order valence-corrected chi connectivity index (χ3v) is 4.02. The molecule has 0 saturated carbocycles. The number of hydrogen-bond donors (Lipinski definition) is 2. The molecule has 0 aromatic rings. The Balaban J connectivity index is 1.82. The molecule has 2 fully saturated rings. The van der Waals surface area contributed by atoms with E-state index in [2.05, 4.69) is 4.90 Å². The molecule has 2 heterocycles. The van der Waals surface area contributed by atoms with E-state index in [0.29, 0.717) is 13.0 Å². The van der Waals surface area contributed by atoms with Gasteiger partial charge in [-0.15, -0.1) is 0 Å². The van der Waals surface area contributed by atoms with Crippen LogP contribution in [0.3, 0.4) is 0 Å². The van der Waals surface area contributed by atoms with Crippen molar-refractivity contribution in [3.8, 4) is 0 Å². The van der Waals surface area contributed by atoms with Gasteiger partial charge in [0.1, 0.15) is 5.54 Å². The number of rotatable bonds is 3. The Hall–Kier alpha value is -1.18. The van der Waals surface area contributed by atoms with Crippen LogP contribution in [0, 0.1) is 0 Å². The lowest BCUT2D eigenvalue weighted by molar-refractivity contribution is -0.143. The third kappa shape index (κ3) is 3.23. The van der Waals surface area contributed by atoms with E-state index in [1.807, 2.05) is 16.8 Å². The molecule has 2 saturated heterocycles. The number of likely N-dealkylation sites (tertiary alicyclic amines) is 1. The predicted molar refractivity (Wildman–Crippen MR) is 69.7 cm³/mol. The van der Waals surface area contributed by atoms with Crippen molar-refractivity contribution in [3.05, 3.63) is 0 Å². The lowest BCUT2D eigenvalue weighted by Crippen LogP contribution is -2.52. The van der Waals surface area contributed by atoms with E-state index in [4.69, 9.17) is 10.8 Å². The van der Waals surface area contributed by atoms with Gasteiger partial charge in [0.25, 0.3) is 0 Å². The molecule has 7 heteroatoms. The van der Waals surface area contributed by atoms with Crippen molar-refractivity contribution in [3.63, 3.8) is 0 Å². The van der Waals surface area contributed by atoms with Gasteiger partial charge in [0.15, 0.2) is 0 Å². The fraction of sp³-hybridized carbons (Fsp3) is 0.833. The Morgan fingerprint density at radius 3 is 2.37 bits per heavy atom. The zero-order valence-electron chi connectivity index (χ0n) is 11.3. The van der Waals surface area contributed by atoms with Crippen LogP contribution in [0.2, 0.25) is 0 Å². The number of nitrogens with two attached hydrogens (primary N) is 1. The van der Waals surface area contributed by atoms with E-state index in [9.17, 15) is 9.59 Å². The molecular formula is C12H22N4O3. The molecule has 0 aromatic heterocycles. The standard InChI is InChI=1S/C12H22N4O3/c1-14-4-6-16(7-5-14)10(17)8-15-3-2-12(13,9-15)11(18)19/h2-9,13H2,1H3,(H,18,19). The van der Waals surface area contributed by atoms with Crippen molar-refractivity contribution in [1.29, 1.82) is 0 Å². The molecule has 1 unspecified atom stereocenters. The number of carbonyl (C=O) groups is 2. The van der Waals surface area contributed by atoms with Crippen molar-refractivity contribution < 1.29 is 14.7 Å². The Morgan fingerprint density at radius 1 is 1.21 bits per heavy atom. The van der Waals surface area contributed by atoms with Gasteiger partial charge < -0.3 is 20.6 Å². The first-order valence-electron chi connectivity index (χ1n) is 6.62. The summed E-state index contributed by atoms with van der Waals surface area (Å²) in [6.07, 6.45) is 0.401. The van der Waals surface area contributed by atoms with Gasteiger partial charge >= 0.3 is 5.97 Å². The Bertz CT molecular complexity index is 368. The fourth-order valence-electron chi connectivity index (χ4n) is 2.57. The zero-order valence-corrected chi connectivity index (χ0v) is 11.3. The molecule has 0 bridgehead atoms. The summed E-state index contributed by atoms with van der Waals surface area (Å²) in [6, 6.07) is 0. The monoisotopic (exact) mass is 270 g/mol. The molecule has 3 N–H and O–H groups in total. The topological polar surface area (TPSA) is 90.1 Å². The van der Waals surface area contributed by atoms with Crippen LogP contribution >= 0.6 is 0 Å². The molecule has 2 aliphatic heterocycles. The summed E-state index contributed by atoms with van der Waals surface area (Å²) in [6.45, 7) is 4.37. The van der Waals surface area contributed by atoms with Crippen molar-refractivity contribution in [2.24, 2.45) is 5.73 Å². The van der Waals surface area contributed by atoms with Crippen LogP contribution in [0.25, 0.3) is 0 Å². The molecule has 7 nitrogen and oxygen atoms in total. The quantitative estimate of drug-likeness (QED) is 0.632. The lowest BCUT2D eigenvalue weighted by atomic mass is 10.0. The Morgan fingerprint density at radius 2 is 1.84 bits per heavy atom. The van der Waals surface area contributed by atoms with E-state index in [1.165, 1.54) is 0 Å². The minimum atomic E-state index is -1.19. The number of hydrogen-bond acceptors (Lipinski definition) is 5. The molecule has 0 spiro atoms. The SMILES string of the molecule is CN1CCN(C(=O)CN2CCC(N)(C(=O)O)C2)CC1. The first-order chi connectivity index (χ1) is 8.90. The highest BCUT2D eigenvalue weighted by atomic mass is 16.4. The van der Waals surface area contributed by atoms with E-state index < -0.39 is 11.5 Å². The number of carboxylic acids is 1. The van der Waals surface area contributed by atoms with Gasteiger partial charge in [-0.1, -0.05) is 0 Å². The summed E-state index contributed by atoms with van der Waals surface area (Å²) in [4.78, 5) is 29.0. The number of piperazine rings is 1. The number of amides is 1. The minimum absolute atomic E-state index is 0.0720. The van der Waals surface area contributed by atoms with Gasteiger partial charge in [0.05, 0.1) is 6.54 Å². The third-order valence-electron chi connectivity index (χ3n) is 4.02. The Kier molecular flexibility index (Phi) is 4.07. The highest BCUT2D eigenvalue weighted by Crippen LogP contribution is 2.19. The summed E-state index contributed by atoms with van der Waals surface area (Å²) in [5, 5.41) is 9.05. The van der Waals surface area contributed by atoms with Crippen molar-refractivity contribution in [2.45, 2.75) is 12.0 Å². The first kappa shape index (κ1) is 14.2.